The lowest BCUT2D eigenvalue weighted by Gasteiger charge is -2.61. The second-order valence-corrected chi connectivity index (χ2v) is 14.1. The molecule has 2 aromatic carbocycles. The number of rotatable bonds is 9. The van der Waals surface area contributed by atoms with Crippen LogP contribution < -0.4 is 26.0 Å². The Morgan fingerprint density at radius 1 is 1.02 bits per heavy atom. The number of halogens is 3. The molecule has 4 aliphatic carbocycles. The Kier molecular flexibility index (Phi) is 8.66. The van der Waals surface area contributed by atoms with E-state index in [2.05, 4.69) is 36.1 Å². The summed E-state index contributed by atoms with van der Waals surface area (Å²) in [5, 5.41) is 11.4. The first-order chi connectivity index (χ1) is 23.5. The number of carbonyl (C=O) groups is 2. The highest BCUT2D eigenvalue weighted by Gasteiger charge is 2.59. The molecule has 0 spiro atoms. The van der Waals surface area contributed by atoms with Crippen molar-refractivity contribution in [2.75, 3.05) is 43.2 Å². The summed E-state index contributed by atoms with van der Waals surface area (Å²) in [5.74, 6) is 1.06. The van der Waals surface area contributed by atoms with Crippen LogP contribution >= 0.6 is 0 Å². The fourth-order valence-electron chi connectivity index (χ4n) is 9.19. The van der Waals surface area contributed by atoms with Crippen molar-refractivity contribution in [3.63, 3.8) is 0 Å². The van der Waals surface area contributed by atoms with E-state index >= 15 is 0 Å². The standard InChI is InChI=1S/C36H42F3N7O3/c1-20-7-6-8-25(32(47)40-2)29(20)44-31-26(36(37,38)39)19-41-34(45-31)43-27-10-9-24(15-28(27)49-3)42-33(48)35-16-21-13-22(17-35)30(23(14-21)18-35)46-11-4-5-12-46/h6-10,15,19,21-23,30H,4-5,11-14,16-18H2,1-3H3,(H,40,47)(H,42,48)(H2,41,43,44,45)/t21?,22?,23?,30-,35-. The fourth-order valence-corrected chi connectivity index (χ4v) is 9.19. The van der Waals surface area contributed by atoms with E-state index in [-0.39, 0.29) is 28.5 Å². The highest BCUT2D eigenvalue weighted by Crippen LogP contribution is 2.61. The van der Waals surface area contributed by atoms with E-state index in [4.69, 9.17) is 4.74 Å². The highest BCUT2D eigenvalue weighted by molar-refractivity contribution is 6.01. The molecule has 260 valence electrons. The predicted octanol–water partition coefficient (Wildman–Crippen LogP) is 6.89. The van der Waals surface area contributed by atoms with Crippen molar-refractivity contribution in [2.45, 2.75) is 64.1 Å². The van der Waals surface area contributed by atoms with Gasteiger partial charge in [0, 0.05) is 31.0 Å². The van der Waals surface area contributed by atoms with Crippen LogP contribution in [0.4, 0.5) is 42.0 Å². The average molecular weight is 678 g/mol. The molecule has 4 N–H and O–H groups in total. The monoisotopic (exact) mass is 677 g/mol. The SMILES string of the molecule is CNC(=O)c1cccc(C)c1Nc1nc(Nc2ccc(NC(=O)[C@]34CC5CC(C3)[C@@H](N3CCCC3)C(C5)C4)cc2OC)ncc1C(F)(F)F. The molecule has 10 nitrogen and oxygen atoms in total. The Balaban J connectivity index is 1.10. The van der Waals surface area contributed by atoms with Crippen molar-refractivity contribution in [2.24, 2.45) is 23.2 Å². The van der Waals surface area contributed by atoms with E-state index in [0.717, 1.165) is 19.3 Å². The number of nitrogens with one attached hydrogen (secondary N) is 4. The lowest BCUT2D eigenvalue weighted by atomic mass is 9.47. The fraction of sp³-hybridized carbons (Fsp3) is 0.500. The minimum Gasteiger partial charge on any atom is -0.494 e. The molecule has 1 aliphatic heterocycles. The molecule has 5 fully saturated rings. The van der Waals surface area contributed by atoms with E-state index in [9.17, 15) is 22.8 Å². The number of para-hydroxylation sites is 1. The van der Waals surface area contributed by atoms with Gasteiger partial charge in [-0.1, -0.05) is 12.1 Å². The number of nitrogens with zero attached hydrogens (tertiary/aromatic N) is 3. The van der Waals surface area contributed by atoms with Gasteiger partial charge in [-0.2, -0.15) is 18.2 Å². The normalized spacial score (nSPS) is 26.0. The summed E-state index contributed by atoms with van der Waals surface area (Å²) in [6.07, 6.45) is 3.72. The summed E-state index contributed by atoms with van der Waals surface area (Å²) >= 11 is 0. The quantitative estimate of drug-likeness (QED) is 0.193. The van der Waals surface area contributed by atoms with Gasteiger partial charge in [-0.25, -0.2) is 4.98 Å². The zero-order valence-electron chi connectivity index (χ0n) is 27.9. The molecular weight excluding hydrogens is 635 g/mol. The lowest BCUT2D eigenvalue weighted by molar-refractivity contribution is -0.149. The van der Waals surface area contributed by atoms with E-state index in [0.29, 0.717) is 52.7 Å². The Morgan fingerprint density at radius 3 is 2.43 bits per heavy atom. The number of anilines is 5. The van der Waals surface area contributed by atoms with Crippen LogP contribution in [0.1, 0.15) is 66.4 Å². The Bertz CT molecular complexity index is 1740. The van der Waals surface area contributed by atoms with E-state index in [1.165, 1.54) is 59.0 Å². The third-order valence-corrected chi connectivity index (χ3v) is 11.1. The van der Waals surface area contributed by atoms with Crippen molar-refractivity contribution in [1.82, 2.24) is 20.2 Å². The zero-order valence-corrected chi connectivity index (χ0v) is 27.9. The van der Waals surface area contributed by atoms with Crippen LogP contribution in [0, 0.1) is 30.1 Å². The van der Waals surface area contributed by atoms with Crippen LogP contribution in [0.25, 0.3) is 0 Å². The predicted molar refractivity (Wildman–Crippen MR) is 180 cm³/mol. The highest BCUT2D eigenvalue weighted by atomic mass is 19.4. The summed E-state index contributed by atoms with van der Waals surface area (Å²) < 4.78 is 47.8. The van der Waals surface area contributed by atoms with Crippen LogP contribution in [-0.2, 0) is 11.0 Å². The van der Waals surface area contributed by atoms with Gasteiger partial charge in [0.2, 0.25) is 11.9 Å². The summed E-state index contributed by atoms with van der Waals surface area (Å²) in [6, 6.07) is 10.6. The number of hydrogen-bond donors (Lipinski definition) is 4. The second kappa shape index (κ2) is 12.8. The number of hydrogen-bond acceptors (Lipinski definition) is 8. The number of alkyl halides is 3. The van der Waals surface area contributed by atoms with Crippen LogP contribution in [-0.4, -0.2) is 60.0 Å². The van der Waals surface area contributed by atoms with Crippen molar-refractivity contribution >= 4 is 40.6 Å². The van der Waals surface area contributed by atoms with Crippen molar-refractivity contribution in [1.29, 1.82) is 0 Å². The number of aryl methyl sites for hydroxylation is 1. The molecule has 0 radical (unpaired) electrons. The van der Waals surface area contributed by atoms with Gasteiger partial charge in [0.1, 0.15) is 17.1 Å². The van der Waals surface area contributed by atoms with Gasteiger partial charge in [0.25, 0.3) is 5.91 Å². The van der Waals surface area contributed by atoms with Crippen LogP contribution in [0.3, 0.4) is 0 Å². The van der Waals surface area contributed by atoms with E-state index in [1.807, 2.05) is 0 Å². The van der Waals surface area contributed by atoms with Crippen LogP contribution in [0.15, 0.2) is 42.6 Å². The van der Waals surface area contributed by atoms with Gasteiger partial charge in [-0.3, -0.25) is 14.5 Å². The molecule has 5 aliphatic rings. The second-order valence-electron chi connectivity index (χ2n) is 14.1. The van der Waals surface area contributed by atoms with Gasteiger partial charge < -0.3 is 26.0 Å². The Labute approximate surface area is 283 Å². The summed E-state index contributed by atoms with van der Waals surface area (Å²) in [5.41, 5.74) is 0.450. The lowest BCUT2D eigenvalue weighted by Crippen LogP contribution is -2.61. The third-order valence-electron chi connectivity index (χ3n) is 11.1. The molecule has 3 aromatic rings. The maximum absolute atomic E-state index is 14.1. The number of aromatic nitrogens is 2. The number of ether oxygens (including phenoxy) is 1. The summed E-state index contributed by atoms with van der Waals surface area (Å²) in [7, 11) is 2.92. The molecule has 2 unspecified atom stereocenters. The molecule has 2 amide bonds. The Hall–Kier alpha value is -4.39. The molecule has 49 heavy (non-hydrogen) atoms. The van der Waals surface area contributed by atoms with Gasteiger partial charge in [0.05, 0.1) is 29.5 Å². The molecule has 1 saturated heterocycles. The molecule has 2 atom stereocenters. The van der Waals surface area contributed by atoms with Crippen LogP contribution in [0.5, 0.6) is 5.75 Å². The largest absolute Gasteiger partial charge is 0.494 e. The number of benzene rings is 2. The zero-order chi connectivity index (χ0) is 34.5. The number of likely N-dealkylation sites (tertiary alicyclic amines) is 1. The third kappa shape index (κ3) is 6.28. The molecule has 4 saturated carbocycles. The first kappa shape index (κ1) is 33.1. The number of amides is 2. The van der Waals surface area contributed by atoms with Gasteiger partial charge >= 0.3 is 6.18 Å². The first-order valence-corrected chi connectivity index (χ1v) is 17.0. The first-order valence-electron chi connectivity index (χ1n) is 17.0. The molecule has 1 aromatic heterocycles. The average Bonchev–Trinajstić information content (AvgIpc) is 3.59. The smallest absolute Gasteiger partial charge is 0.421 e. The van der Waals surface area contributed by atoms with Crippen molar-refractivity contribution in [3.8, 4) is 5.75 Å². The topological polar surface area (TPSA) is 121 Å². The summed E-state index contributed by atoms with van der Waals surface area (Å²) in [6.45, 7) is 4.05. The van der Waals surface area contributed by atoms with Gasteiger partial charge in [0.15, 0.2) is 0 Å². The number of methoxy groups -OCH3 is 1. The van der Waals surface area contributed by atoms with Crippen LogP contribution in [0.2, 0.25) is 0 Å². The molecule has 4 bridgehead atoms. The van der Waals surface area contributed by atoms with Crippen molar-refractivity contribution < 1.29 is 27.5 Å². The van der Waals surface area contributed by atoms with Gasteiger partial charge in [-0.05, 0) is 106 Å². The van der Waals surface area contributed by atoms with Gasteiger partial charge in [-0.15, -0.1) is 0 Å². The minimum absolute atomic E-state index is 0.0589. The molecule has 13 heteroatoms. The molecular formula is C36H42F3N7O3. The maximum Gasteiger partial charge on any atom is 0.421 e. The molecule has 8 rings (SSSR count). The maximum atomic E-state index is 14.1. The number of carbonyl (C=O) groups excluding carboxylic acids is 2. The molecule has 2 heterocycles. The van der Waals surface area contributed by atoms with E-state index in [1.54, 1.807) is 37.3 Å². The van der Waals surface area contributed by atoms with E-state index < -0.39 is 23.5 Å². The minimum atomic E-state index is -4.76. The van der Waals surface area contributed by atoms with Crippen molar-refractivity contribution in [3.05, 3.63) is 59.3 Å². The summed E-state index contributed by atoms with van der Waals surface area (Å²) in [4.78, 5) is 37.2. The Morgan fingerprint density at radius 2 is 1.76 bits per heavy atom.